The van der Waals surface area contributed by atoms with Crippen LogP contribution in [0, 0.1) is 0 Å². The van der Waals surface area contributed by atoms with Crippen molar-refractivity contribution in [3.05, 3.63) is 60.7 Å². The number of halogens is 3. The fraction of sp³-hybridized carbons (Fsp3) is 0.0909. The molecule has 0 aliphatic heterocycles. The summed E-state index contributed by atoms with van der Waals surface area (Å²) in [7, 11) is 0. The molecule has 0 fully saturated rings. The van der Waals surface area contributed by atoms with E-state index in [1.165, 1.54) is 23.0 Å². The van der Waals surface area contributed by atoms with Gasteiger partial charge in [-0.3, -0.25) is 0 Å². The first kappa shape index (κ1) is 21.9. The van der Waals surface area contributed by atoms with Crippen LogP contribution in [-0.4, -0.2) is 4.80 Å². The van der Waals surface area contributed by atoms with Crippen molar-refractivity contribution in [1.82, 2.24) is 0 Å². The normalized spacial score (nSPS) is 6.75. The Morgan fingerprint density at radius 3 is 1.12 bits per heavy atom. The van der Waals surface area contributed by atoms with Gasteiger partial charge in [0.25, 0.3) is 0 Å². The van der Waals surface area contributed by atoms with E-state index in [9.17, 15) is 0 Å². The zero-order valence-electron chi connectivity index (χ0n) is 8.91. The first-order valence-corrected chi connectivity index (χ1v) is 12.7. The molecule has 0 saturated carbocycles. The second-order valence-electron chi connectivity index (χ2n) is 2.46. The molecule has 0 aromatic heterocycles. The van der Waals surface area contributed by atoms with Crippen LogP contribution < -0.4 is 24.8 Å². The average Bonchev–Trinajstić information content (AvgIpc) is 2.83. The largest absolute Gasteiger partial charge is 1.00 e. The first-order valence-electron chi connectivity index (χ1n) is 4.27. The zero-order chi connectivity index (χ0) is 10.6. The minimum absolute atomic E-state index is 0. The molecule has 5 heteroatoms. The molecule has 0 atom stereocenters. The van der Waals surface area contributed by atoms with Crippen molar-refractivity contribution in [3.8, 4) is 0 Å². The molecule has 0 nitrogen and oxygen atoms in total. The van der Waals surface area contributed by atoms with Crippen LogP contribution in [0.1, 0.15) is 0 Å². The van der Waals surface area contributed by atoms with Gasteiger partial charge >= 0.3 is 45.4 Å². The van der Waals surface area contributed by atoms with Crippen molar-refractivity contribution in [2.24, 2.45) is 0 Å². The molecule has 0 saturated heterocycles. The van der Waals surface area contributed by atoms with E-state index in [1.54, 1.807) is 0 Å². The van der Waals surface area contributed by atoms with Crippen LogP contribution in [0.5, 0.6) is 0 Å². The van der Waals surface area contributed by atoms with Gasteiger partial charge in [0.2, 0.25) is 0 Å². The topological polar surface area (TPSA) is 0 Å². The summed E-state index contributed by atoms with van der Waals surface area (Å²) in [6, 6.07) is 20.0. The van der Waals surface area contributed by atoms with Gasteiger partial charge in [-0.05, 0) is 0 Å². The average molecular weight is 458 g/mol. The van der Waals surface area contributed by atoms with Crippen LogP contribution in [0.25, 0.3) is 0 Å². The quantitative estimate of drug-likeness (QED) is 0.237. The van der Waals surface area contributed by atoms with Crippen molar-refractivity contribution in [2.45, 2.75) is 6.55 Å². The molecule has 16 heavy (non-hydrogen) atoms. The van der Waals surface area contributed by atoms with Gasteiger partial charge in [-0.25, -0.2) is 24.3 Å². The third-order valence-electron chi connectivity index (χ3n) is 1.11. The molecule has 0 heterocycles. The van der Waals surface area contributed by atoms with Gasteiger partial charge in [0.05, 0.1) is 0 Å². The second-order valence-corrected chi connectivity index (χ2v) is 16.7. The second kappa shape index (κ2) is 18.0. The molecule has 0 aliphatic carbocycles. The van der Waals surface area contributed by atoms with Gasteiger partial charge in [-0.2, -0.15) is 36.4 Å². The Balaban J connectivity index is -0.000000151. The molecular weight excluding hydrogens is 445 g/mol. The molecule has 0 amide bonds. The maximum absolute atomic E-state index is 5.44. The summed E-state index contributed by atoms with van der Waals surface area (Å²) in [6.45, 7) is 2.10. The van der Waals surface area contributed by atoms with Crippen molar-refractivity contribution in [3.63, 3.8) is 0 Å². The summed E-state index contributed by atoms with van der Waals surface area (Å²) in [5.74, 6) is 0. The fourth-order valence-electron chi connectivity index (χ4n) is 0.642. The van der Waals surface area contributed by atoms with Crippen LogP contribution in [0.2, 0.25) is 6.55 Å². The Bertz CT molecular complexity index is 228. The fourth-order valence-corrected chi connectivity index (χ4v) is 0.642. The summed E-state index contributed by atoms with van der Waals surface area (Å²) in [4.78, 5) is -0.269. The molecule has 0 N–H and O–H groups in total. The molecule has 0 spiro atoms. The predicted molar refractivity (Wildman–Crippen MR) is 61.5 cm³/mol. The van der Waals surface area contributed by atoms with Crippen molar-refractivity contribution in [2.75, 3.05) is 0 Å². The summed E-state index contributed by atoms with van der Waals surface area (Å²) in [5.41, 5.74) is 0. The Kier molecular flexibility index (Phi) is 24.7. The van der Waals surface area contributed by atoms with Gasteiger partial charge < -0.3 is 24.8 Å². The van der Waals surface area contributed by atoms with Gasteiger partial charge in [-0.15, -0.1) is 0 Å². The molecule has 2 aromatic carbocycles. The van der Waals surface area contributed by atoms with Gasteiger partial charge in [0, 0.05) is 0 Å². The molecule has 0 bridgehead atoms. The smallest absolute Gasteiger partial charge is 0.172 e. The van der Waals surface area contributed by atoms with E-state index in [2.05, 4.69) is 6.55 Å². The van der Waals surface area contributed by atoms with E-state index in [0.717, 1.165) is 0 Å². The van der Waals surface area contributed by atoms with E-state index < -0.39 is 0 Å². The van der Waals surface area contributed by atoms with Crippen LogP contribution in [0.15, 0.2) is 60.7 Å². The SMILES string of the molecule is C[Si](Cl)=[Hf+2].[Cl-].[Cl-].c1cc[cH-]c1.c1cc[cH-]c1. The summed E-state index contributed by atoms with van der Waals surface area (Å²) < 4.78 is 0. The Morgan fingerprint density at radius 1 is 0.875 bits per heavy atom. The third kappa shape index (κ3) is 24.1. The number of rotatable bonds is 0. The van der Waals surface area contributed by atoms with Crippen LogP contribution in [0.4, 0.5) is 0 Å². The molecular formula is C11H13Cl3HfSi-2. The maximum Gasteiger partial charge on any atom is -0.172 e. The van der Waals surface area contributed by atoms with Gasteiger partial charge in [0.1, 0.15) is 0 Å². The van der Waals surface area contributed by atoms with E-state index in [0.29, 0.717) is 0 Å². The Hall–Kier alpha value is 0.657. The summed E-state index contributed by atoms with van der Waals surface area (Å²) >= 11 is 6.65. The van der Waals surface area contributed by atoms with E-state index >= 15 is 0 Å². The Morgan fingerprint density at radius 2 is 1.06 bits per heavy atom. The minimum Gasteiger partial charge on any atom is -1.00 e. The first-order chi connectivity index (χ1) is 6.73. The van der Waals surface area contributed by atoms with Gasteiger partial charge in [-0.1, -0.05) is 0 Å². The van der Waals surface area contributed by atoms with Crippen molar-refractivity contribution >= 4 is 15.9 Å². The van der Waals surface area contributed by atoms with Crippen molar-refractivity contribution in [1.29, 1.82) is 0 Å². The van der Waals surface area contributed by atoms with E-state index in [-0.39, 0.29) is 29.6 Å². The third-order valence-corrected chi connectivity index (χ3v) is 1.11. The standard InChI is InChI=1S/2C5H5.CH3ClSi.2ClH.Hf/c2*1-2-4-5-3-1;1-3-2;;;/h2*1-5H;1H3;2*1H;/q2*-1;;;;+2/p-2. The van der Waals surface area contributed by atoms with E-state index in [4.69, 9.17) is 11.1 Å². The van der Waals surface area contributed by atoms with Crippen LogP contribution >= 0.6 is 11.1 Å². The van der Waals surface area contributed by atoms with Crippen LogP contribution in [-0.2, 0) is 23.0 Å². The maximum atomic E-state index is 5.44. The van der Waals surface area contributed by atoms with E-state index in [1.807, 2.05) is 60.7 Å². The molecule has 0 unspecified atom stereocenters. The van der Waals surface area contributed by atoms with Gasteiger partial charge in [0.15, 0.2) is 0 Å². The monoisotopic (exact) mass is 458 g/mol. The van der Waals surface area contributed by atoms with Crippen molar-refractivity contribution < 1.29 is 47.8 Å². The molecule has 0 aliphatic rings. The number of hydrogen-bond donors (Lipinski definition) is 0. The minimum atomic E-state index is -0.269. The molecule has 2 rings (SSSR count). The molecule has 2 aromatic rings. The molecule has 88 valence electrons. The summed E-state index contributed by atoms with van der Waals surface area (Å²) in [6.07, 6.45) is 0. The molecule has 0 radical (unpaired) electrons. The predicted octanol–water partition coefficient (Wildman–Crippen LogP) is -2.29. The zero-order valence-corrected chi connectivity index (χ0v) is 15.8. The Labute approximate surface area is 130 Å². The number of hydrogen-bond acceptors (Lipinski definition) is 0. The van der Waals surface area contributed by atoms with Crippen LogP contribution in [0.3, 0.4) is 0 Å². The summed E-state index contributed by atoms with van der Waals surface area (Å²) in [5, 5.41) is 0.